The van der Waals surface area contributed by atoms with Crippen LogP contribution in [0.25, 0.3) is 0 Å². The number of hydrogen-bond acceptors (Lipinski definition) is 7. The van der Waals surface area contributed by atoms with E-state index in [2.05, 4.69) is 10.3 Å². The van der Waals surface area contributed by atoms with Gasteiger partial charge in [0.1, 0.15) is 24.0 Å². The fourth-order valence-corrected chi connectivity index (χ4v) is 2.75. The summed E-state index contributed by atoms with van der Waals surface area (Å²) in [5.74, 6) is -1.71. The summed E-state index contributed by atoms with van der Waals surface area (Å²) in [5, 5.41) is 23.0. The molecule has 1 amide bonds. The lowest BCUT2D eigenvalue weighted by atomic mass is 9.97. The van der Waals surface area contributed by atoms with Gasteiger partial charge in [-0.2, -0.15) is 4.39 Å². The molecule has 0 aromatic carbocycles. The SMILES string of the molecule is Cn1cnc(C(=O)N[C@@H]2CO[C@H](Cn3cc(F)c(=O)[nH]c3=O)[C@@H](O)[C@H]2O)c1. The maximum absolute atomic E-state index is 13.3. The molecule has 2 aromatic heterocycles. The molecular weight excluding hydrogens is 365 g/mol. The Kier molecular flexibility index (Phi) is 5.21. The van der Waals surface area contributed by atoms with E-state index in [1.165, 1.54) is 12.5 Å². The van der Waals surface area contributed by atoms with Crippen molar-refractivity contribution >= 4 is 5.91 Å². The van der Waals surface area contributed by atoms with Crippen LogP contribution in [0.1, 0.15) is 10.5 Å². The van der Waals surface area contributed by atoms with E-state index < -0.39 is 47.3 Å². The van der Waals surface area contributed by atoms with Crippen LogP contribution in [0.4, 0.5) is 4.39 Å². The zero-order valence-electron chi connectivity index (χ0n) is 14.2. The van der Waals surface area contributed by atoms with Gasteiger partial charge in [0.05, 0.1) is 31.7 Å². The predicted molar refractivity (Wildman–Crippen MR) is 87.5 cm³/mol. The molecule has 0 spiro atoms. The lowest BCUT2D eigenvalue weighted by Gasteiger charge is -2.37. The van der Waals surface area contributed by atoms with Crippen LogP contribution in [-0.4, -0.2) is 66.2 Å². The first-order valence-corrected chi connectivity index (χ1v) is 8.02. The largest absolute Gasteiger partial charge is 0.388 e. The minimum Gasteiger partial charge on any atom is -0.388 e. The molecule has 0 saturated carbocycles. The molecule has 11 nitrogen and oxygen atoms in total. The molecule has 0 bridgehead atoms. The number of aliphatic hydroxyl groups is 2. The summed E-state index contributed by atoms with van der Waals surface area (Å²) in [6.07, 6.45) is -0.282. The molecule has 1 aliphatic rings. The number of aryl methyl sites for hydroxylation is 1. The number of aromatic nitrogens is 4. The summed E-state index contributed by atoms with van der Waals surface area (Å²) in [7, 11) is 1.69. The number of halogens is 1. The van der Waals surface area contributed by atoms with Crippen molar-refractivity contribution in [3.05, 3.63) is 51.1 Å². The average molecular weight is 383 g/mol. The Morgan fingerprint density at radius 1 is 1.41 bits per heavy atom. The van der Waals surface area contributed by atoms with E-state index in [-0.39, 0.29) is 18.8 Å². The number of nitrogens with zero attached hydrogens (tertiary/aromatic N) is 3. The smallest absolute Gasteiger partial charge is 0.328 e. The van der Waals surface area contributed by atoms with Crippen molar-refractivity contribution in [2.24, 2.45) is 7.05 Å². The minimum absolute atomic E-state index is 0.136. The third-order valence-electron chi connectivity index (χ3n) is 4.23. The third kappa shape index (κ3) is 3.97. The Balaban J connectivity index is 1.66. The molecule has 0 radical (unpaired) electrons. The number of ether oxygens (including phenoxy) is 1. The Morgan fingerprint density at radius 3 is 2.81 bits per heavy atom. The second-order valence-electron chi connectivity index (χ2n) is 6.25. The van der Waals surface area contributed by atoms with E-state index in [4.69, 9.17) is 4.74 Å². The fraction of sp³-hybridized carbons (Fsp3) is 0.467. The monoisotopic (exact) mass is 383 g/mol. The van der Waals surface area contributed by atoms with Crippen molar-refractivity contribution in [2.45, 2.75) is 30.9 Å². The van der Waals surface area contributed by atoms with Gasteiger partial charge in [0.15, 0.2) is 0 Å². The van der Waals surface area contributed by atoms with Gasteiger partial charge in [0.2, 0.25) is 5.82 Å². The van der Waals surface area contributed by atoms with Crippen LogP contribution in [-0.2, 0) is 18.3 Å². The number of rotatable bonds is 4. The second-order valence-corrected chi connectivity index (χ2v) is 6.25. The molecule has 1 saturated heterocycles. The summed E-state index contributed by atoms with van der Waals surface area (Å²) in [5.41, 5.74) is -1.90. The van der Waals surface area contributed by atoms with Gasteiger partial charge < -0.3 is 24.8 Å². The normalized spacial score (nSPS) is 25.3. The number of carbonyl (C=O) groups excluding carboxylic acids is 1. The molecule has 1 fully saturated rings. The lowest BCUT2D eigenvalue weighted by molar-refractivity contribution is -0.152. The molecule has 2 aromatic rings. The van der Waals surface area contributed by atoms with E-state index in [0.717, 1.165) is 4.57 Å². The van der Waals surface area contributed by atoms with Crippen molar-refractivity contribution in [1.82, 2.24) is 24.4 Å². The van der Waals surface area contributed by atoms with Gasteiger partial charge in [-0.3, -0.25) is 19.1 Å². The predicted octanol–water partition coefficient (Wildman–Crippen LogP) is -2.67. The Bertz CT molecular complexity index is 953. The summed E-state index contributed by atoms with van der Waals surface area (Å²) >= 11 is 0. The maximum atomic E-state index is 13.3. The van der Waals surface area contributed by atoms with Crippen LogP contribution in [0.5, 0.6) is 0 Å². The molecule has 0 aliphatic carbocycles. The minimum atomic E-state index is -1.46. The number of imidazole rings is 1. The molecule has 3 heterocycles. The molecule has 4 N–H and O–H groups in total. The molecule has 146 valence electrons. The quantitative estimate of drug-likeness (QED) is 0.449. The molecular formula is C15H18FN5O6. The molecule has 0 unspecified atom stereocenters. The highest BCUT2D eigenvalue weighted by Crippen LogP contribution is 2.17. The lowest BCUT2D eigenvalue weighted by Crippen LogP contribution is -2.60. The first-order valence-electron chi connectivity index (χ1n) is 8.02. The summed E-state index contributed by atoms with van der Waals surface area (Å²) in [6.45, 7) is -0.451. The number of H-pyrrole nitrogens is 1. The van der Waals surface area contributed by atoms with Gasteiger partial charge in [-0.15, -0.1) is 0 Å². The van der Waals surface area contributed by atoms with Crippen molar-refractivity contribution in [1.29, 1.82) is 0 Å². The Hall–Kier alpha value is -2.83. The van der Waals surface area contributed by atoms with Crippen molar-refractivity contribution in [2.75, 3.05) is 6.61 Å². The zero-order valence-corrected chi connectivity index (χ0v) is 14.2. The van der Waals surface area contributed by atoms with E-state index in [1.807, 2.05) is 0 Å². The zero-order chi connectivity index (χ0) is 19.7. The highest BCUT2D eigenvalue weighted by atomic mass is 19.1. The second kappa shape index (κ2) is 7.42. The number of carbonyl (C=O) groups is 1. The molecule has 3 rings (SSSR count). The van der Waals surface area contributed by atoms with Crippen molar-refractivity contribution in [3.63, 3.8) is 0 Å². The van der Waals surface area contributed by atoms with Gasteiger partial charge in [-0.05, 0) is 0 Å². The van der Waals surface area contributed by atoms with Crippen molar-refractivity contribution in [3.8, 4) is 0 Å². The van der Waals surface area contributed by atoms with Crippen LogP contribution in [0, 0.1) is 5.82 Å². The van der Waals surface area contributed by atoms with Gasteiger partial charge in [0.25, 0.3) is 11.5 Å². The highest BCUT2D eigenvalue weighted by molar-refractivity contribution is 5.92. The van der Waals surface area contributed by atoms with Crippen LogP contribution in [0.2, 0.25) is 0 Å². The number of nitrogens with one attached hydrogen (secondary N) is 2. The molecule has 27 heavy (non-hydrogen) atoms. The summed E-state index contributed by atoms with van der Waals surface area (Å²) in [6, 6.07) is -0.908. The number of amides is 1. The van der Waals surface area contributed by atoms with Crippen LogP contribution in [0.15, 0.2) is 28.3 Å². The first-order chi connectivity index (χ1) is 12.8. The first kappa shape index (κ1) is 18.9. The van der Waals surface area contributed by atoms with Gasteiger partial charge in [-0.1, -0.05) is 0 Å². The Labute approximate surface area is 151 Å². The summed E-state index contributed by atoms with van der Waals surface area (Å²) in [4.78, 5) is 40.5. The van der Waals surface area contributed by atoms with Gasteiger partial charge >= 0.3 is 5.69 Å². The third-order valence-corrected chi connectivity index (χ3v) is 4.23. The number of hydrogen-bond donors (Lipinski definition) is 4. The van der Waals surface area contributed by atoms with Crippen molar-refractivity contribution < 1.29 is 24.1 Å². The number of aromatic amines is 1. The molecule has 1 aliphatic heterocycles. The topological polar surface area (TPSA) is 151 Å². The van der Waals surface area contributed by atoms with E-state index in [9.17, 15) is 29.0 Å². The van der Waals surface area contributed by atoms with E-state index in [1.54, 1.807) is 16.6 Å². The summed E-state index contributed by atoms with van der Waals surface area (Å²) < 4.78 is 21.2. The van der Waals surface area contributed by atoms with E-state index >= 15 is 0 Å². The van der Waals surface area contributed by atoms with Crippen LogP contribution in [0.3, 0.4) is 0 Å². The van der Waals surface area contributed by atoms with Crippen LogP contribution < -0.4 is 16.6 Å². The fourth-order valence-electron chi connectivity index (χ4n) is 2.75. The van der Waals surface area contributed by atoms with Gasteiger partial charge in [0, 0.05) is 13.2 Å². The van der Waals surface area contributed by atoms with Crippen LogP contribution >= 0.6 is 0 Å². The highest BCUT2D eigenvalue weighted by Gasteiger charge is 2.39. The molecule has 4 atom stereocenters. The standard InChI is InChI=1S/C15H18FN5O6/c1-20-3-8(17-6-20)14(25)18-9-5-27-10(12(23)11(9)22)4-21-2-7(16)13(24)19-15(21)26/h2-3,6,9-12,22-23H,4-5H2,1H3,(H,18,25)(H,19,24,26)/t9-,10-,11+,12-/m1/s1. The number of aliphatic hydroxyl groups excluding tert-OH is 2. The van der Waals surface area contributed by atoms with E-state index in [0.29, 0.717) is 6.20 Å². The van der Waals surface area contributed by atoms with Gasteiger partial charge in [-0.25, -0.2) is 9.78 Å². The maximum Gasteiger partial charge on any atom is 0.328 e. The Morgan fingerprint density at radius 2 is 2.15 bits per heavy atom. The molecule has 12 heteroatoms. The average Bonchev–Trinajstić information content (AvgIpc) is 3.05.